The lowest BCUT2D eigenvalue weighted by Gasteiger charge is -2.25. The van der Waals surface area contributed by atoms with Gasteiger partial charge in [0.25, 0.3) is 0 Å². The largest absolute Gasteiger partial charge is 0.487 e. The normalized spacial score (nSPS) is 24.8. The summed E-state index contributed by atoms with van der Waals surface area (Å²) in [4.78, 5) is 0. The number of aliphatic hydroxyl groups excluding tert-OH is 2. The average Bonchev–Trinajstić information content (AvgIpc) is 3.56. The first-order valence-corrected chi connectivity index (χ1v) is 11.8. The number of H-pyrrole nitrogens is 1. The molecule has 0 bridgehead atoms. The Morgan fingerprint density at radius 1 is 1.06 bits per heavy atom. The van der Waals surface area contributed by atoms with Gasteiger partial charge in [0.1, 0.15) is 24.1 Å². The Kier molecular flexibility index (Phi) is 5.00. The molecule has 1 saturated carbocycles. The third-order valence-corrected chi connectivity index (χ3v) is 7.45. The molecule has 4 atom stereocenters. The van der Waals surface area contributed by atoms with E-state index in [1.807, 2.05) is 18.3 Å². The fraction of sp³-hybridized carbons (Fsp3) is 0.370. The van der Waals surface area contributed by atoms with Crippen LogP contribution < -0.4 is 4.74 Å². The molecule has 6 heteroatoms. The van der Waals surface area contributed by atoms with E-state index in [0.29, 0.717) is 6.42 Å². The number of aromatic amines is 1. The topological polar surface area (TPSA) is 83.3 Å². The molecule has 1 fully saturated rings. The Morgan fingerprint density at radius 2 is 1.94 bits per heavy atom. The summed E-state index contributed by atoms with van der Waals surface area (Å²) in [5.41, 5.74) is 6.81. The molecule has 2 aromatic carbocycles. The van der Waals surface area contributed by atoms with E-state index in [0.717, 1.165) is 41.8 Å². The first-order valence-electron chi connectivity index (χ1n) is 11.8. The first kappa shape index (κ1) is 20.5. The van der Waals surface area contributed by atoms with E-state index in [4.69, 9.17) is 4.74 Å². The summed E-state index contributed by atoms with van der Waals surface area (Å²) in [6.45, 7) is 2.09. The summed E-state index contributed by atoms with van der Waals surface area (Å²) in [6.07, 6.45) is 6.31. The first-order chi connectivity index (χ1) is 16.1. The van der Waals surface area contributed by atoms with Crippen molar-refractivity contribution < 1.29 is 14.9 Å². The van der Waals surface area contributed by atoms with Gasteiger partial charge in [-0.15, -0.1) is 0 Å². The standard InChI is InChI=1S/C27H29N3O3/c1-16-5-4-8-22-19(16)10-12-30(22)23-15-25(27(32)26(23)31)33-24-14-18(21-9-11-28-29-21)13-17-6-2-3-7-20(17)24/h4-5,8-14,23,25-27,31-32H,2-3,6-7,15H2,1H3,(H,28,29)/t23-,25+,26+,27-/m1/s1. The lowest BCUT2D eigenvalue weighted by atomic mass is 9.89. The van der Waals surface area contributed by atoms with Crippen molar-refractivity contribution in [3.63, 3.8) is 0 Å². The number of hydrogen-bond acceptors (Lipinski definition) is 4. The van der Waals surface area contributed by atoms with Crippen LogP contribution in [-0.4, -0.2) is 43.3 Å². The molecule has 0 aliphatic heterocycles. The third-order valence-electron chi connectivity index (χ3n) is 7.45. The SMILES string of the molecule is Cc1cccc2c1ccn2[C@@H]1C[C@H](Oc2cc(-c3ccn[nH]3)cc3c2CCCC3)[C@@H](O)[C@H]1O. The van der Waals surface area contributed by atoms with Gasteiger partial charge in [-0.1, -0.05) is 12.1 Å². The molecule has 0 saturated heterocycles. The van der Waals surface area contributed by atoms with Gasteiger partial charge in [0.05, 0.1) is 11.7 Å². The monoisotopic (exact) mass is 443 g/mol. The zero-order chi connectivity index (χ0) is 22.5. The van der Waals surface area contributed by atoms with Crippen LogP contribution in [0.1, 0.15) is 42.0 Å². The quantitative estimate of drug-likeness (QED) is 0.438. The van der Waals surface area contributed by atoms with Gasteiger partial charge in [-0.3, -0.25) is 5.10 Å². The van der Waals surface area contributed by atoms with Crippen molar-refractivity contribution >= 4 is 10.9 Å². The molecule has 2 aliphatic carbocycles. The van der Waals surface area contributed by atoms with Gasteiger partial charge in [-0.25, -0.2) is 0 Å². The van der Waals surface area contributed by atoms with Crippen molar-refractivity contribution in [1.29, 1.82) is 0 Å². The van der Waals surface area contributed by atoms with Crippen LogP contribution in [0.25, 0.3) is 22.2 Å². The predicted molar refractivity (Wildman–Crippen MR) is 127 cm³/mol. The van der Waals surface area contributed by atoms with E-state index in [-0.39, 0.29) is 6.04 Å². The van der Waals surface area contributed by atoms with Crippen LogP contribution in [0.15, 0.2) is 54.9 Å². The number of fused-ring (bicyclic) bond motifs is 2. The second-order valence-corrected chi connectivity index (χ2v) is 9.46. The second kappa shape index (κ2) is 8.04. The van der Waals surface area contributed by atoms with Crippen molar-refractivity contribution in [2.45, 2.75) is 63.4 Å². The summed E-state index contributed by atoms with van der Waals surface area (Å²) in [5.74, 6) is 0.821. The molecule has 0 spiro atoms. The van der Waals surface area contributed by atoms with E-state index < -0.39 is 18.3 Å². The molecule has 4 aromatic rings. The summed E-state index contributed by atoms with van der Waals surface area (Å²) < 4.78 is 8.59. The Balaban J connectivity index is 1.33. The van der Waals surface area contributed by atoms with Gasteiger partial charge < -0.3 is 19.5 Å². The number of nitrogens with zero attached hydrogens (tertiary/aromatic N) is 2. The van der Waals surface area contributed by atoms with Crippen molar-refractivity contribution in [2.24, 2.45) is 0 Å². The van der Waals surface area contributed by atoms with Crippen molar-refractivity contribution in [3.05, 3.63) is 71.5 Å². The molecule has 0 radical (unpaired) electrons. The van der Waals surface area contributed by atoms with Crippen LogP contribution in [0.5, 0.6) is 5.75 Å². The fourth-order valence-electron chi connectivity index (χ4n) is 5.66. The smallest absolute Gasteiger partial charge is 0.129 e. The minimum Gasteiger partial charge on any atom is -0.487 e. The fourth-order valence-corrected chi connectivity index (χ4v) is 5.66. The molecule has 2 aliphatic rings. The third kappa shape index (κ3) is 3.45. The number of ether oxygens (including phenoxy) is 1. The summed E-state index contributed by atoms with van der Waals surface area (Å²) >= 11 is 0. The Bertz CT molecular complexity index is 1290. The molecule has 0 amide bonds. The molecule has 6 nitrogen and oxygen atoms in total. The van der Waals surface area contributed by atoms with E-state index in [1.165, 1.54) is 28.5 Å². The summed E-state index contributed by atoms with van der Waals surface area (Å²) in [5, 5.41) is 30.3. The maximum absolute atomic E-state index is 11.0. The van der Waals surface area contributed by atoms with Gasteiger partial charge in [0.2, 0.25) is 0 Å². The zero-order valence-corrected chi connectivity index (χ0v) is 18.7. The molecule has 33 heavy (non-hydrogen) atoms. The number of rotatable bonds is 4. The molecule has 170 valence electrons. The molecule has 2 heterocycles. The molecule has 0 unspecified atom stereocenters. The van der Waals surface area contributed by atoms with Crippen LogP contribution in [0.2, 0.25) is 0 Å². The lowest BCUT2D eigenvalue weighted by molar-refractivity contribution is -0.0165. The van der Waals surface area contributed by atoms with Gasteiger partial charge in [0.15, 0.2) is 0 Å². The highest BCUT2D eigenvalue weighted by molar-refractivity contribution is 5.83. The maximum atomic E-state index is 11.0. The van der Waals surface area contributed by atoms with Crippen LogP contribution in [0.3, 0.4) is 0 Å². The van der Waals surface area contributed by atoms with Crippen LogP contribution in [-0.2, 0) is 12.8 Å². The van der Waals surface area contributed by atoms with Crippen molar-refractivity contribution in [1.82, 2.24) is 14.8 Å². The lowest BCUT2D eigenvalue weighted by Crippen LogP contribution is -2.34. The highest BCUT2D eigenvalue weighted by atomic mass is 16.5. The summed E-state index contributed by atoms with van der Waals surface area (Å²) in [7, 11) is 0. The number of aromatic nitrogens is 3. The van der Waals surface area contributed by atoms with E-state index in [2.05, 4.69) is 52.0 Å². The van der Waals surface area contributed by atoms with Crippen LogP contribution in [0, 0.1) is 6.92 Å². The molecular weight excluding hydrogens is 414 g/mol. The van der Waals surface area contributed by atoms with Gasteiger partial charge in [-0.2, -0.15) is 5.10 Å². The maximum Gasteiger partial charge on any atom is 0.129 e. The Morgan fingerprint density at radius 3 is 2.79 bits per heavy atom. The Labute approximate surface area is 192 Å². The number of aliphatic hydroxyl groups is 2. The number of hydrogen-bond donors (Lipinski definition) is 3. The zero-order valence-electron chi connectivity index (χ0n) is 18.7. The highest BCUT2D eigenvalue weighted by Gasteiger charge is 2.44. The predicted octanol–water partition coefficient (Wildman–Crippen LogP) is 4.33. The van der Waals surface area contributed by atoms with Crippen LogP contribution in [0.4, 0.5) is 0 Å². The number of nitrogens with one attached hydrogen (secondary N) is 1. The van der Waals surface area contributed by atoms with Crippen molar-refractivity contribution in [3.8, 4) is 17.0 Å². The minimum absolute atomic E-state index is 0.240. The van der Waals surface area contributed by atoms with Gasteiger partial charge >= 0.3 is 0 Å². The molecule has 6 rings (SSSR count). The van der Waals surface area contributed by atoms with E-state index in [1.54, 1.807) is 6.20 Å². The summed E-state index contributed by atoms with van der Waals surface area (Å²) in [6, 6.07) is 14.3. The highest BCUT2D eigenvalue weighted by Crippen LogP contribution is 2.40. The molecule has 3 N–H and O–H groups in total. The van der Waals surface area contributed by atoms with Gasteiger partial charge in [-0.05, 0) is 79.6 Å². The minimum atomic E-state index is -0.952. The number of aryl methyl sites for hydroxylation is 2. The molecule has 2 aromatic heterocycles. The van der Waals surface area contributed by atoms with E-state index in [9.17, 15) is 10.2 Å². The Hall–Kier alpha value is -3.09. The van der Waals surface area contributed by atoms with Gasteiger partial charge in [0, 0.05) is 35.3 Å². The average molecular weight is 444 g/mol. The number of benzene rings is 2. The second-order valence-electron chi connectivity index (χ2n) is 9.46. The van der Waals surface area contributed by atoms with Crippen LogP contribution >= 0.6 is 0 Å². The van der Waals surface area contributed by atoms with Crippen molar-refractivity contribution in [2.75, 3.05) is 0 Å². The van der Waals surface area contributed by atoms with E-state index >= 15 is 0 Å². The molecular formula is C27H29N3O3.